The van der Waals surface area contributed by atoms with Crippen LogP contribution in [0.4, 0.5) is 16.4 Å². The van der Waals surface area contributed by atoms with Gasteiger partial charge in [-0.25, -0.2) is 23.2 Å². The number of rotatable bonds is 4. The van der Waals surface area contributed by atoms with Gasteiger partial charge in [0.2, 0.25) is 0 Å². The van der Waals surface area contributed by atoms with Gasteiger partial charge in [-0.2, -0.15) is 0 Å². The van der Waals surface area contributed by atoms with Gasteiger partial charge >= 0.3 is 6.09 Å². The van der Waals surface area contributed by atoms with Crippen LogP contribution in [0, 0.1) is 0 Å². The molecule has 0 aromatic carbocycles. The average Bonchev–Trinajstić information content (AvgIpc) is 2.46. The Morgan fingerprint density at radius 3 is 2.38 bits per heavy atom. The Morgan fingerprint density at radius 1 is 1.08 bits per heavy atom. The van der Waals surface area contributed by atoms with Crippen LogP contribution in [0.2, 0.25) is 0 Å². The predicted octanol–water partition coefficient (Wildman–Crippen LogP) is 2.02. The summed E-state index contributed by atoms with van der Waals surface area (Å²) in [6.45, 7) is 5.19. The average molecular weight is 351 g/mol. The molecule has 2 N–H and O–H groups in total. The van der Waals surface area contributed by atoms with Crippen LogP contribution >= 0.6 is 0 Å². The Hall–Kier alpha value is -2.75. The molecule has 2 aromatic rings. The number of amides is 1. The van der Waals surface area contributed by atoms with Gasteiger partial charge in [-0.1, -0.05) is 0 Å². The molecule has 0 aliphatic carbocycles. The van der Waals surface area contributed by atoms with Crippen LogP contribution in [0.15, 0.2) is 41.8 Å². The maximum Gasteiger partial charge on any atom is 0.413 e. The van der Waals surface area contributed by atoms with Crippen LogP contribution < -0.4 is 10.0 Å². The Morgan fingerprint density at radius 2 is 1.83 bits per heavy atom. The Balaban J connectivity index is 2.07. The second-order valence-electron chi connectivity index (χ2n) is 5.70. The molecule has 9 nitrogen and oxygen atoms in total. The standard InChI is InChI=1S/C14H17N5O4S/c1-14(2,3)23-13(20)18-11-5-4-10(8-17-11)24(21,22)19-12-9-15-6-7-16-12/h4-9H,1-3H3,(H,16,19)(H,17,18,20). The minimum atomic E-state index is -3.85. The van der Waals surface area contributed by atoms with Crippen molar-refractivity contribution in [2.24, 2.45) is 0 Å². The van der Waals surface area contributed by atoms with Crippen molar-refractivity contribution in [1.29, 1.82) is 0 Å². The van der Waals surface area contributed by atoms with E-state index in [2.05, 4.69) is 25.0 Å². The molecule has 1 amide bonds. The highest BCUT2D eigenvalue weighted by Gasteiger charge is 2.18. The maximum absolute atomic E-state index is 12.2. The molecule has 0 bridgehead atoms. The van der Waals surface area contributed by atoms with Crippen molar-refractivity contribution in [3.8, 4) is 0 Å². The van der Waals surface area contributed by atoms with Crippen LogP contribution in [-0.4, -0.2) is 35.1 Å². The number of nitrogens with one attached hydrogen (secondary N) is 2. The number of pyridine rings is 1. The van der Waals surface area contributed by atoms with Crippen LogP contribution in [0.5, 0.6) is 0 Å². The molecule has 2 rings (SSSR count). The maximum atomic E-state index is 12.2. The van der Waals surface area contributed by atoms with Gasteiger partial charge in [0.15, 0.2) is 5.82 Å². The molecule has 2 aromatic heterocycles. The van der Waals surface area contributed by atoms with Crippen LogP contribution in [0.1, 0.15) is 20.8 Å². The van der Waals surface area contributed by atoms with E-state index in [1.165, 1.54) is 30.7 Å². The first-order chi connectivity index (χ1) is 11.2. The van der Waals surface area contributed by atoms with E-state index in [1.807, 2.05) is 0 Å². The molecule has 0 unspecified atom stereocenters. The normalized spacial score (nSPS) is 11.6. The Kier molecular flexibility index (Phi) is 4.98. The third kappa shape index (κ3) is 5.16. The summed E-state index contributed by atoms with van der Waals surface area (Å²) < 4.78 is 31.7. The number of hydrogen-bond acceptors (Lipinski definition) is 7. The lowest BCUT2D eigenvalue weighted by Crippen LogP contribution is -2.27. The van der Waals surface area contributed by atoms with Gasteiger partial charge in [0, 0.05) is 18.6 Å². The van der Waals surface area contributed by atoms with Gasteiger partial charge in [-0.05, 0) is 32.9 Å². The van der Waals surface area contributed by atoms with Crippen molar-refractivity contribution in [2.45, 2.75) is 31.3 Å². The fraction of sp³-hybridized carbons (Fsp3) is 0.286. The van der Waals surface area contributed by atoms with E-state index in [-0.39, 0.29) is 16.5 Å². The highest BCUT2D eigenvalue weighted by molar-refractivity contribution is 7.92. The monoisotopic (exact) mass is 351 g/mol. The molecule has 2 heterocycles. The molecule has 0 spiro atoms. The molecule has 0 saturated carbocycles. The number of hydrogen-bond donors (Lipinski definition) is 2. The Bertz CT molecular complexity index is 801. The number of aromatic nitrogens is 3. The third-order valence-corrected chi connectivity index (χ3v) is 3.82. The van der Waals surface area contributed by atoms with Gasteiger partial charge in [0.25, 0.3) is 10.0 Å². The molecule has 0 saturated heterocycles. The first-order valence-electron chi connectivity index (χ1n) is 6.91. The summed E-state index contributed by atoms with van der Waals surface area (Å²) in [6.07, 6.45) is 4.51. The van der Waals surface area contributed by atoms with E-state index in [0.29, 0.717) is 0 Å². The van der Waals surface area contributed by atoms with Gasteiger partial charge in [0.05, 0.1) is 6.20 Å². The summed E-state index contributed by atoms with van der Waals surface area (Å²) >= 11 is 0. The fourth-order valence-electron chi connectivity index (χ4n) is 1.57. The minimum Gasteiger partial charge on any atom is -0.444 e. The molecule has 10 heteroatoms. The quantitative estimate of drug-likeness (QED) is 0.863. The predicted molar refractivity (Wildman–Crippen MR) is 86.9 cm³/mol. The zero-order valence-corrected chi connectivity index (χ0v) is 14.2. The molecule has 0 fully saturated rings. The first-order valence-corrected chi connectivity index (χ1v) is 8.39. The lowest BCUT2D eigenvalue weighted by molar-refractivity contribution is 0.0635. The third-order valence-electron chi connectivity index (χ3n) is 2.48. The highest BCUT2D eigenvalue weighted by atomic mass is 32.2. The zero-order chi connectivity index (χ0) is 17.8. The zero-order valence-electron chi connectivity index (χ0n) is 13.3. The van der Waals surface area contributed by atoms with Crippen LogP contribution in [-0.2, 0) is 14.8 Å². The van der Waals surface area contributed by atoms with E-state index < -0.39 is 21.7 Å². The number of sulfonamides is 1. The largest absolute Gasteiger partial charge is 0.444 e. The van der Waals surface area contributed by atoms with Crippen molar-refractivity contribution in [1.82, 2.24) is 15.0 Å². The van der Waals surface area contributed by atoms with E-state index in [4.69, 9.17) is 4.74 Å². The van der Waals surface area contributed by atoms with Gasteiger partial charge in [-0.15, -0.1) is 0 Å². The number of anilines is 2. The van der Waals surface area contributed by atoms with Gasteiger partial charge in [-0.3, -0.25) is 15.0 Å². The number of carbonyl (C=O) groups is 1. The van der Waals surface area contributed by atoms with E-state index in [0.717, 1.165) is 6.20 Å². The van der Waals surface area contributed by atoms with Crippen LogP contribution in [0.3, 0.4) is 0 Å². The first kappa shape index (κ1) is 17.6. The summed E-state index contributed by atoms with van der Waals surface area (Å²) in [7, 11) is -3.85. The van der Waals surface area contributed by atoms with Crippen molar-refractivity contribution < 1.29 is 17.9 Å². The van der Waals surface area contributed by atoms with Crippen LogP contribution in [0.25, 0.3) is 0 Å². The van der Waals surface area contributed by atoms with Crippen molar-refractivity contribution in [2.75, 3.05) is 10.0 Å². The number of nitrogens with zero attached hydrogens (tertiary/aromatic N) is 3. The molecule has 0 aliphatic heterocycles. The summed E-state index contributed by atoms with van der Waals surface area (Å²) in [4.78, 5) is 23.0. The summed E-state index contributed by atoms with van der Waals surface area (Å²) in [5.41, 5.74) is -0.645. The molecule has 0 radical (unpaired) electrons. The van der Waals surface area contributed by atoms with Crippen molar-refractivity contribution in [3.05, 3.63) is 36.9 Å². The van der Waals surface area contributed by atoms with Crippen molar-refractivity contribution in [3.63, 3.8) is 0 Å². The fourth-order valence-corrected chi connectivity index (χ4v) is 2.51. The molecular weight excluding hydrogens is 334 g/mol. The highest BCUT2D eigenvalue weighted by Crippen LogP contribution is 2.15. The van der Waals surface area contributed by atoms with E-state index >= 15 is 0 Å². The Labute approximate surface area is 139 Å². The molecule has 0 aliphatic rings. The van der Waals surface area contributed by atoms with Gasteiger partial charge < -0.3 is 4.74 Å². The molecule has 128 valence electrons. The SMILES string of the molecule is CC(C)(C)OC(=O)Nc1ccc(S(=O)(=O)Nc2cnccn2)cn1. The molecule has 0 atom stereocenters. The minimum absolute atomic E-state index is 0.0807. The second-order valence-corrected chi connectivity index (χ2v) is 7.38. The number of ether oxygens (including phenoxy) is 1. The summed E-state index contributed by atoms with van der Waals surface area (Å²) in [5, 5.41) is 2.42. The molecule has 24 heavy (non-hydrogen) atoms. The smallest absolute Gasteiger partial charge is 0.413 e. The van der Waals surface area contributed by atoms with Gasteiger partial charge in [0.1, 0.15) is 16.3 Å². The number of carbonyl (C=O) groups excluding carboxylic acids is 1. The molecular formula is C14H17N5O4S. The summed E-state index contributed by atoms with van der Waals surface area (Å²) in [6, 6.07) is 2.66. The second kappa shape index (κ2) is 6.79. The summed E-state index contributed by atoms with van der Waals surface area (Å²) in [5.74, 6) is 0.260. The topological polar surface area (TPSA) is 123 Å². The van der Waals surface area contributed by atoms with E-state index in [9.17, 15) is 13.2 Å². The lowest BCUT2D eigenvalue weighted by atomic mass is 10.2. The van der Waals surface area contributed by atoms with Crippen molar-refractivity contribution >= 4 is 27.8 Å². The lowest BCUT2D eigenvalue weighted by Gasteiger charge is -2.19. The van der Waals surface area contributed by atoms with E-state index in [1.54, 1.807) is 20.8 Å².